The smallest absolute Gasteiger partial charge is 0.191 e. The first kappa shape index (κ1) is 19.4. The average Bonchev–Trinajstić information content (AvgIpc) is 3.01. The molecule has 1 aromatic heterocycles. The molecule has 0 unspecified atom stereocenters. The monoisotopic (exact) mass is 407 g/mol. The van der Waals surface area contributed by atoms with Crippen LogP contribution in [0.2, 0.25) is 5.02 Å². The highest BCUT2D eigenvalue weighted by atomic mass is 35.5. The predicted octanol–water partition coefficient (Wildman–Crippen LogP) is 5.27. The number of hydrogen-bond acceptors (Lipinski definition) is 4. The lowest BCUT2D eigenvalue weighted by Gasteiger charge is -2.10. The van der Waals surface area contributed by atoms with Gasteiger partial charge in [-0.05, 0) is 35.9 Å². The number of rotatable bonds is 8. The highest BCUT2D eigenvalue weighted by molar-refractivity contribution is 7.98. The predicted molar refractivity (Wildman–Crippen MR) is 102 cm³/mol. The van der Waals surface area contributed by atoms with E-state index in [4.69, 9.17) is 16.3 Å². The average molecular weight is 408 g/mol. The zero-order valence-electron chi connectivity index (χ0n) is 14.2. The molecule has 0 aliphatic heterocycles. The Bertz CT molecular complexity index is 948. The Morgan fingerprint density at radius 1 is 1.15 bits per heavy atom. The van der Waals surface area contributed by atoms with Gasteiger partial charge >= 0.3 is 0 Å². The molecule has 0 amide bonds. The summed E-state index contributed by atoms with van der Waals surface area (Å²) >= 11 is 7.41. The van der Waals surface area contributed by atoms with Crippen molar-refractivity contribution in [1.82, 2.24) is 14.8 Å². The van der Waals surface area contributed by atoms with Crippen LogP contribution in [0.15, 0.2) is 60.3 Å². The van der Waals surface area contributed by atoms with Crippen molar-refractivity contribution in [3.05, 3.63) is 83.2 Å². The van der Waals surface area contributed by atoms with Crippen molar-refractivity contribution in [2.75, 3.05) is 0 Å². The molecule has 140 valence electrons. The van der Waals surface area contributed by atoms with E-state index in [1.807, 2.05) is 10.6 Å². The minimum Gasteiger partial charge on any atom is -0.484 e. The second-order valence-corrected chi connectivity index (χ2v) is 6.93. The number of allylic oxidation sites excluding steroid dienone is 1. The van der Waals surface area contributed by atoms with Gasteiger partial charge in [-0.1, -0.05) is 41.6 Å². The van der Waals surface area contributed by atoms with Crippen molar-refractivity contribution in [2.24, 2.45) is 0 Å². The molecular formula is C19H16ClF2N3OS. The first-order valence-corrected chi connectivity index (χ1v) is 9.41. The van der Waals surface area contributed by atoms with Crippen LogP contribution >= 0.6 is 23.4 Å². The van der Waals surface area contributed by atoms with Crippen molar-refractivity contribution in [1.29, 1.82) is 0 Å². The van der Waals surface area contributed by atoms with E-state index < -0.39 is 5.82 Å². The van der Waals surface area contributed by atoms with Crippen molar-refractivity contribution in [3.8, 4) is 5.75 Å². The standard InChI is InChI=1S/C19H16ClF2N3OS/c1-2-8-25-18(11-26-17-7-6-15(22)10-16(17)20)23-24-19(25)27-12-13-4-3-5-14(21)9-13/h2-7,9-10H,1,8,11-12H2. The molecule has 0 aliphatic rings. The molecule has 1 heterocycles. The Hall–Kier alpha value is -2.38. The third kappa shape index (κ3) is 5.08. The summed E-state index contributed by atoms with van der Waals surface area (Å²) in [4.78, 5) is 0. The van der Waals surface area contributed by atoms with Crippen molar-refractivity contribution in [2.45, 2.75) is 24.1 Å². The summed E-state index contributed by atoms with van der Waals surface area (Å²) < 4.78 is 33.9. The molecule has 0 bridgehead atoms. The molecule has 0 saturated carbocycles. The van der Waals surface area contributed by atoms with Crippen molar-refractivity contribution >= 4 is 23.4 Å². The van der Waals surface area contributed by atoms with Gasteiger partial charge in [-0.15, -0.1) is 16.8 Å². The molecule has 4 nitrogen and oxygen atoms in total. The second-order valence-electron chi connectivity index (χ2n) is 5.58. The number of thioether (sulfide) groups is 1. The molecule has 0 saturated heterocycles. The lowest BCUT2D eigenvalue weighted by molar-refractivity contribution is 0.289. The summed E-state index contributed by atoms with van der Waals surface area (Å²) in [6, 6.07) is 10.3. The van der Waals surface area contributed by atoms with Gasteiger partial charge in [0.25, 0.3) is 0 Å². The molecule has 3 rings (SSSR count). The van der Waals surface area contributed by atoms with Crippen molar-refractivity contribution < 1.29 is 13.5 Å². The summed E-state index contributed by atoms with van der Waals surface area (Å²) in [5.74, 6) is 0.791. The Kier molecular flexibility index (Phi) is 6.47. The van der Waals surface area contributed by atoms with Crippen LogP contribution in [0.4, 0.5) is 8.78 Å². The molecule has 3 aromatic rings. The van der Waals surface area contributed by atoms with Gasteiger partial charge in [0.15, 0.2) is 11.0 Å². The molecule has 0 N–H and O–H groups in total. The highest BCUT2D eigenvalue weighted by Gasteiger charge is 2.13. The zero-order valence-corrected chi connectivity index (χ0v) is 15.8. The Morgan fingerprint density at radius 2 is 1.96 bits per heavy atom. The number of ether oxygens (including phenoxy) is 1. The fraction of sp³-hybridized carbons (Fsp3) is 0.158. The number of benzene rings is 2. The van der Waals surface area contributed by atoms with E-state index in [2.05, 4.69) is 16.8 Å². The maximum absolute atomic E-state index is 13.3. The molecule has 2 aromatic carbocycles. The van der Waals surface area contributed by atoms with E-state index >= 15 is 0 Å². The number of nitrogens with zero attached hydrogens (tertiary/aromatic N) is 3. The fourth-order valence-corrected chi connectivity index (χ4v) is 3.49. The number of halogens is 3. The highest BCUT2D eigenvalue weighted by Crippen LogP contribution is 2.27. The number of hydrogen-bond donors (Lipinski definition) is 0. The van der Waals surface area contributed by atoms with E-state index in [9.17, 15) is 8.78 Å². The van der Waals surface area contributed by atoms with E-state index in [-0.39, 0.29) is 17.4 Å². The maximum Gasteiger partial charge on any atom is 0.191 e. The largest absolute Gasteiger partial charge is 0.484 e. The first-order valence-electron chi connectivity index (χ1n) is 8.05. The Balaban J connectivity index is 1.71. The molecular weight excluding hydrogens is 392 g/mol. The van der Waals surface area contributed by atoms with E-state index in [1.54, 1.807) is 12.1 Å². The summed E-state index contributed by atoms with van der Waals surface area (Å²) in [5.41, 5.74) is 0.851. The summed E-state index contributed by atoms with van der Waals surface area (Å²) in [5, 5.41) is 9.19. The quantitative estimate of drug-likeness (QED) is 0.377. The molecule has 0 atom stereocenters. The van der Waals surface area contributed by atoms with Crippen LogP contribution in [0.1, 0.15) is 11.4 Å². The lowest BCUT2D eigenvalue weighted by atomic mass is 10.2. The van der Waals surface area contributed by atoms with Crippen LogP contribution in [0.3, 0.4) is 0 Å². The third-order valence-corrected chi connectivity index (χ3v) is 4.95. The second kappa shape index (κ2) is 9.01. The van der Waals surface area contributed by atoms with Crippen LogP contribution in [0, 0.1) is 11.6 Å². The first-order chi connectivity index (χ1) is 13.1. The van der Waals surface area contributed by atoms with E-state index in [1.165, 1.54) is 42.1 Å². The Labute approximate surface area is 164 Å². The van der Waals surface area contributed by atoms with Gasteiger partial charge in [-0.2, -0.15) is 0 Å². The molecule has 0 spiro atoms. The van der Waals surface area contributed by atoms with Crippen LogP contribution in [-0.2, 0) is 18.9 Å². The minimum absolute atomic E-state index is 0.118. The molecule has 0 aliphatic carbocycles. The van der Waals surface area contributed by atoms with Gasteiger partial charge in [0.1, 0.15) is 24.0 Å². The SMILES string of the molecule is C=CCn1c(COc2ccc(F)cc2Cl)nnc1SCc1cccc(F)c1. The van der Waals surface area contributed by atoms with Crippen molar-refractivity contribution in [3.63, 3.8) is 0 Å². The van der Waals surface area contributed by atoms with Gasteiger partial charge < -0.3 is 4.74 Å². The summed E-state index contributed by atoms with van der Waals surface area (Å²) in [6.07, 6.45) is 1.73. The van der Waals surface area contributed by atoms with Crippen LogP contribution in [-0.4, -0.2) is 14.8 Å². The normalized spacial score (nSPS) is 10.8. The maximum atomic E-state index is 13.3. The van der Waals surface area contributed by atoms with Gasteiger partial charge in [0.2, 0.25) is 0 Å². The topological polar surface area (TPSA) is 39.9 Å². The Morgan fingerprint density at radius 3 is 2.70 bits per heavy atom. The minimum atomic E-state index is -0.432. The molecule has 27 heavy (non-hydrogen) atoms. The van der Waals surface area contributed by atoms with E-state index in [0.29, 0.717) is 29.0 Å². The summed E-state index contributed by atoms with van der Waals surface area (Å²) in [6.45, 7) is 4.36. The van der Waals surface area contributed by atoms with Crippen LogP contribution in [0.25, 0.3) is 0 Å². The van der Waals surface area contributed by atoms with Gasteiger partial charge in [-0.25, -0.2) is 8.78 Å². The summed E-state index contributed by atoms with van der Waals surface area (Å²) in [7, 11) is 0. The fourth-order valence-electron chi connectivity index (χ4n) is 2.35. The molecule has 0 fully saturated rings. The number of aromatic nitrogens is 3. The zero-order chi connectivity index (χ0) is 19.2. The van der Waals surface area contributed by atoms with Gasteiger partial charge in [-0.3, -0.25) is 4.57 Å². The van der Waals surface area contributed by atoms with E-state index in [0.717, 1.165) is 5.56 Å². The van der Waals surface area contributed by atoms with Crippen LogP contribution < -0.4 is 4.74 Å². The molecule has 0 radical (unpaired) electrons. The van der Waals surface area contributed by atoms with Gasteiger partial charge in [0, 0.05) is 12.3 Å². The van der Waals surface area contributed by atoms with Crippen LogP contribution in [0.5, 0.6) is 5.75 Å². The lowest BCUT2D eigenvalue weighted by Crippen LogP contribution is -2.07. The third-order valence-electron chi connectivity index (χ3n) is 3.61. The molecule has 8 heteroatoms. The van der Waals surface area contributed by atoms with Gasteiger partial charge in [0.05, 0.1) is 5.02 Å².